The van der Waals surface area contributed by atoms with Gasteiger partial charge in [-0.2, -0.15) is 0 Å². The third kappa shape index (κ3) is 2.29. The minimum Gasteiger partial charge on any atom is -0.246 e. The van der Waals surface area contributed by atoms with Crippen LogP contribution in [-0.4, -0.2) is 4.98 Å². The Bertz CT molecular complexity index is 803. The summed E-state index contributed by atoms with van der Waals surface area (Å²) in [5, 5.41) is 1.22. The van der Waals surface area contributed by atoms with Crippen molar-refractivity contribution in [2.45, 2.75) is 6.92 Å². The smallest absolute Gasteiger partial charge is 0.125 e. The number of hydrogen-bond acceptors (Lipinski definition) is 1. The molecule has 0 unspecified atom stereocenters. The highest BCUT2D eigenvalue weighted by molar-refractivity contribution is 14.1. The van der Waals surface area contributed by atoms with Crippen molar-refractivity contribution in [3.63, 3.8) is 0 Å². The summed E-state index contributed by atoms with van der Waals surface area (Å²) in [6.07, 6.45) is 0. The molecule has 3 rings (SSSR count). The second-order valence-electron chi connectivity index (χ2n) is 4.55. The fraction of sp³-hybridized carbons (Fsp3) is 0.0625. The van der Waals surface area contributed by atoms with Crippen LogP contribution in [-0.2, 0) is 0 Å². The molecule has 4 heteroatoms. The highest BCUT2D eigenvalue weighted by Crippen LogP contribution is 2.34. The Kier molecular flexibility index (Phi) is 3.65. The second-order valence-corrected chi connectivity index (χ2v) is 6.09. The maximum atomic E-state index is 13.5. The van der Waals surface area contributed by atoms with Gasteiger partial charge in [0.25, 0.3) is 0 Å². The van der Waals surface area contributed by atoms with Crippen LogP contribution in [0.2, 0.25) is 5.02 Å². The zero-order valence-electron chi connectivity index (χ0n) is 10.6. The van der Waals surface area contributed by atoms with Crippen molar-refractivity contribution in [2.24, 2.45) is 0 Å². The van der Waals surface area contributed by atoms with Crippen molar-refractivity contribution in [3.8, 4) is 11.3 Å². The zero-order chi connectivity index (χ0) is 14.3. The first-order valence-corrected chi connectivity index (χ1v) is 7.54. The Morgan fingerprint density at radius 3 is 2.55 bits per heavy atom. The van der Waals surface area contributed by atoms with Crippen LogP contribution in [0.5, 0.6) is 0 Å². The third-order valence-electron chi connectivity index (χ3n) is 3.22. The molecule has 1 nitrogen and oxygen atoms in total. The molecule has 0 saturated heterocycles. The lowest BCUT2D eigenvalue weighted by Gasteiger charge is -2.11. The molecular weight excluding hydrogens is 388 g/mol. The minimum absolute atomic E-state index is 0.294. The quantitative estimate of drug-likeness (QED) is 0.487. The molecule has 2 aromatic carbocycles. The van der Waals surface area contributed by atoms with Crippen molar-refractivity contribution in [2.75, 3.05) is 0 Å². The van der Waals surface area contributed by atoms with Gasteiger partial charge in [-0.05, 0) is 47.2 Å². The number of aromatic nitrogens is 1. The van der Waals surface area contributed by atoms with E-state index < -0.39 is 0 Å². The van der Waals surface area contributed by atoms with Crippen molar-refractivity contribution < 1.29 is 4.39 Å². The van der Waals surface area contributed by atoms with E-state index >= 15 is 0 Å². The van der Waals surface area contributed by atoms with Gasteiger partial charge >= 0.3 is 0 Å². The van der Waals surface area contributed by atoms with Gasteiger partial charge in [-0.3, -0.25) is 0 Å². The Hall–Kier alpha value is -1.20. The van der Waals surface area contributed by atoms with Crippen molar-refractivity contribution in [3.05, 3.63) is 62.4 Å². The summed E-state index contributed by atoms with van der Waals surface area (Å²) in [6.45, 7) is 1.91. The van der Waals surface area contributed by atoms with Crippen molar-refractivity contribution in [1.29, 1.82) is 0 Å². The molecule has 0 aliphatic heterocycles. The van der Waals surface area contributed by atoms with Gasteiger partial charge in [0, 0.05) is 14.5 Å². The van der Waals surface area contributed by atoms with E-state index in [1.807, 2.05) is 37.3 Å². The van der Waals surface area contributed by atoms with Gasteiger partial charge in [0.2, 0.25) is 0 Å². The molecule has 3 aromatic rings. The zero-order valence-corrected chi connectivity index (χ0v) is 13.5. The number of rotatable bonds is 1. The fourth-order valence-corrected chi connectivity index (χ4v) is 3.17. The maximum Gasteiger partial charge on any atom is 0.125 e. The summed E-state index contributed by atoms with van der Waals surface area (Å²) >= 11 is 8.50. The van der Waals surface area contributed by atoms with E-state index in [0.717, 1.165) is 25.9 Å². The molecule has 0 spiro atoms. The van der Waals surface area contributed by atoms with E-state index in [2.05, 4.69) is 27.6 Å². The fourth-order valence-electron chi connectivity index (χ4n) is 2.23. The molecule has 0 atom stereocenters. The molecule has 0 aliphatic carbocycles. The number of pyridine rings is 1. The van der Waals surface area contributed by atoms with Crippen LogP contribution in [0.25, 0.3) is 22.2 Å². The molecule has 0 aliphatic rings. The van der Waals surface area contributed by atoms with Crippen LogP contribution in [0.15, 0.2) is 42.5 Å². The van der Waals surface area contributed by atoms with Crippen LogP contribution < -0.4 is 0 Å². The molecule has 0 saturated carbocycles. The van der Waals surface area contributed by atoms with E-state index in [9.17, 15) is 4.39 Å². The number of hydrogen-bond donors (Lipinski definition) is 0. The van der Waals surface area contributed by atoms with Gasteiger partial charge < -0.3 is 0 Å². The summed E-state index contributed by atoms with van der Waals surface area (Å²) in [7, 11) is 0. The average molecular weight is 398 g/mol. The molecule has 0 amide bonds. The Morgan fingerprint density at radius 2 is 1.85 bits per heavy atom. The summed E-state index contributed by atoms with van der Waals surface area (Å²) in [6, 6.07) is 12.8. The summed E-state index contributed by atoms with van der Waals surface area (Å²) in [4.78, 5) is 4.69. The van der Waals surface area contributed by atoms with E-state index in [-0.39, 0.29) is 5.82 Å². The SMILES string of the molecule is Cc1c(-c2ccccc2)nc2c(I)cc(F)cc2c1Cl. The number of halogens is 3. The van der Waals surface area contributed by atoms with Crippen LogP contribution in [0.1, 0.15) is 5.56 Å². The molecule has 0 fully saturated rings. The van der Waals surface area contributed by atoms with Gasteiger partial charge in [0.05, 0.1) is 16.2 Å². The number of nitrogens with zero attached hydrogens (tertiary/aromatic N) is 1. The molecule has 0 bridgehead atoms. The van der Waals surface area contributed by atoms with Crippen molar-refractivity contribution >= 4 is 45.1 Å². The van der Waals surface area contributed by atoms with Gasteiger partial charge in [-0.15, -0.1) is 0 Å². The molecule has 1 aromatic heterocycles. The Balaban J connectivity index is 2.39. The lowest BCUT2D eigenvalue weighted by molar-refractivity contribution is 0.628. The van der Waals surface area contributed by atoms with Gasteiger partial charge in [-0.1, -0.05) is 41.9 Å². The Labute approximate surface area is 134 Å². The van der Waals surface area contributed by atoms with Gasteiger partial charge in [-0.25, -0.2) is 9.37 Å². The predicted octanol–water partition coefficient (Wildman–Crippen LogP) is 5.61. The molecule has 100 valence electrons. The second kappa shape index (κ2) is 5.30. The van der Waals surface area contributed by atoms with Gasteiger partial charge in [0.1, 0.15) is 5.82 Å². The van der Waals surface area contributed by atoms with E-state index in [1.165, 1.54) is 12.1 Å². The normalized spacial score (nSPS) is 11.0. The molecule has 20 heavy (non-hydrogen) atoms. The standard InChI is InChI=1S/C16H10ClFIN/c1-9-14(17)12-7-11(18)8-13(19)16(12)20-15(9)10-5-3-2-4-6-10/h2-8H,1H3. The first-order valence-electron chi connectivity index (χ1n) is 6.08. The number of fused-ring (bicyclic) bond motifs is 1. The highest BCUT2D eigenvalue weighted by Gasteiger charge is 2.14. The largest absolute Gasteiger partial charge is 0.246 e. The van der Waals surface area contributed by atoms with Crippen LogP contribution in [0.4, 0.5) is 4.39 Å². The van der Waals surface area contributed by atoms with Crippen LogP contribution in [0.3, 0.4) is 0 Å². The molecular formula is C16H10ClFIN. The lowest BCUT2D eigenvalue weighted by Crippen LogP contribution is -1.95. The summed E-state index contributed by atoms with van der Waals surface area (Å²) in [5.74, 6) is -0.294. The Morgan fingerprint density at radius 1 is 1.15 bits per heavy atom. The van der Waals surface area contributed by atoms with E-state index in [4.69, 9.17) is 11.6 Å². The lowest BCUT2D eigenvalue weighted by atomic mass is 10.0. The predicted molar refractivity (Wildman–Crippen MR) is 89.6 cm³/mol. The molecule has 1 heterocycles. The monoisotopic (exact) mass is 397 g/mol. The summed E-state index contributed by atoms with van der Waals surface area (Å²) in [5.41, 5.74) is 3.45. The topological polar surface area (TPSA) is 12.9 Å². The first-order chi connectivity index (χ1) is 9.58. The average Bonchev–Trinajstić information content (AvgIpc) is 2.44. The van der Waals surface area contributed by atoms with Crippen LogP contribution >= 0.6 is 34.2 Å². The first kappa shape index (κ1) is 13.8. The molecule has 0 N–H and O–H groups in total. The van der Waals surface area contributed by atoms with Crippen LogP contribution in [0, 0.1) is 16.3 Å². The van der Waals surface area contributed by atoms with E-state index in [1.54, 1.807) is 0 Å². The minimum atomic E-state index is -0.294. The molecule has 0 radical (unpaired) electrons. The van der Waals surface area contributed by atoms with E-state index in [0.29, 0.717) is 10.4 Å². The summed E-state index contributed by atoms with van der Waals surface area (Å²) < 4.78 is 14.3. The van der Waals surface area contributed by atoms with Crippen molar-refractivity contribution in [1.82, 2.24) is 4.98 Å². The van der Waals surface area contributed by atoms with Gasteiger partial charge in [0.15, 0.2) is 0 Å². The highest BCUT2D eigenvalue weighted by atomic mass is 127. The third-order valence-corrected chi connectivity index (χ3v) is 4.53. The maximum absolute atomic E-state index is 13.5. The number of benzene rings is 2.